The Balaban J connectivity index is 1.94. The number of nitriles is 1. The summed E-state index contributed by atoms with van der Waals surface area (Å²) in [6.07, 6.45) is 2.95. The first kappa shape index (κ1) is 12.8. The van der Waals surface area contributed by atoms with Crippen molar-refractivity contribution in [3.8, 4) is 6.07 Å². The maximum atomic E-state index is 13.5. The van der Waals surface area contributed by atoms with E-state index in [0.717, 1.165) is 38.0 Å². The fourth-order valence-corrected chi connectivity index (χ4v) is 2.04. The highest BCUT2D eigenvalue weighted by Crippen LogP contribution is 2.21. The Hall–Kier alpha value is -1.67. The smallest absolute Gasteiger partial charge is 0.150 e. The minimum absolute atomic E-state index is 0.0188. The molecule has 0 bridgehead atoms. The third-order valence-electron chi connectivity index (χ3n) is 2.96. The van der Waals surface area contributed by atoms with E-state index in [1.54, 1.807) is 6.07 Å². The Bertz CT molecular complexity index is 442. The zero-order valence-electron chi connectivity index (χ0n) is 9.88. The van der Waals surface area contributed by atoms with E-state index in [9.17, 15) is 8.78 Å². The van der Waals surface area contributed by atoms with Gasteiger partial charge in [0.2, 0.25) is 0 Å². The van der Waals surface area contributed by atoms with Gasteiger partial charge in [-0.25, -0.2) is 8.78 Å². The summed E-state index contributed by atoms with van der Waals surface area (Å²) < 4.78 is 32.4. The monoisotopic (exact) mass is 252 g/mol. The van der Waals surface area contributed by atoms with Crippen molar-refractivity contribution in [3.05, 3.63) is 29.3 Å². The van der Waals surface area contributed by atoms with Gasteiger partial charge in [-0.2, -0.15) is 5.26 Å². The molecule has 3 nitrogen and oxygen atoms in total. The van der Waals surface area contributed by atoms with Gasteiger partial charge in [0.15, 0.2) is 11.6 Å². The van der Waals surface area contributed by atoms with Crippen molar-refractivity contribution in [3.63, 3.8) is 0 Å². The van der Waals surface area contributed by atoms with E-state index in [4.69, 9.17) is 10.00 Å². The maximum absolute atomic E-state index is 13.5. The predicted molar refractivity (Wildman–Crippen MR) is 63.2 cm³/mol. The highest BCUT2D eigenvalue weighted by Gasteiger charge is 2.16. The highest BCUT2D eigenvalue weighted by atomic mass is 19.1. The van der Waals surface area contributed by atoms with E-state index in [1.807, 2.05) is 0 Å². The summed E-state index contributed by atoms with van der Waals surface area (Å²) in [4.78, 5) is 0. The zero-order valence-corrected chi connectivity index (χ0v) is 9.88. The number of benzene rings is 1. The van der Waals surface area contributed by atoms with Crippen molar-refractivity contribution in [1.29, 1.82) is 5.26 Å². The first-order valence-electron chi connectivity index (χ1n) is 5.95. The molecule has 1 unspecified atom stereocenters. The van der Waals surface area contributed by atoms with Gasteiger partial charge in [-0.3, -0.25) is 0 Å². The fourth-order valence-electron chi connectivity index (χ4n) is 2.04. The Morgan fingerprint density at radius 3 is 2.67 bits per heavy atom. The predicted octanol–water partition coefficient (Wildman–Crippen LogP) is 2.82. The minimum atomic E-state index is -0.737. The number of hydrogen-bond acceptors (Lipinski definition) is 3. The molecule has 0 aliphatic carbocycles. The van der Waals surface area contributed by atoms with Gasteiger partial charge in [-0.05, 0) is 31.4 Å². The molecule has 1 N–H and O–H groups in total. The van der Waals surface area contributed by atoms with E-state index < -0.39 is 11.6 Å². The summed E-state index contributed by atoms with van der Waals surface area (Å²) in [5.74, 6) is -1.47. The first-order valence-corrected chi connectivity index (χ1v) is 5.95. The molecule has 5 heteroatoms. The second kappa shape index (κ2) is 5.78. The molecule has 1 aliphatic heterocycles. The number of hydrogen-bond donors (Lipinski definition) is 1. The first-order chi connectivity index (χ1) is 8.70. The van der Waals surface area contributed by atoms with Crippen LogP contribution in [0.3, 0.4) is 0 Å². The van der Waals surface area contributed by atoms with Crippen LogP contribution in [-0.2, 0) is 4.74 Å². The van der Waals surface area contributed by atoms with Gasteiger partial charge < -0.3 is 10.1 Å². The quantitative estimate of drug-likeness (QED) is 0.896. The Kier molecular flexibility index (Phi) is 4.11. The molecule has 1 atom stereocenters. The average molecular weight is 252 g/mol. The fraction of sp³-hybridized carbons (Fsp3) is 0.462. The van der Waals surface area contributed by atoms with Gasteiger partial charge in [0.05, 0.1) is 17.7 Å². The van der Waals surface area contributed by atoms with Crippen LogP contribution in [0, 0.1) is 23.0 Å². The molecular weight excluding hydrogens is 238 g/mol. The standard InChI is InChI=1S/C13H14F2N2O/c14-11-6-9(8-16)7-12(15)13(11)17-4-3-10-2-1-5-18-10/h6-7,10,17H,1-5H2. The van der Waals surface area contributed by atoms with Crippen LogP contribution < -0.4 is 5.32 Å². The van der Waals surface area contributed by atoms with Crippen molar-refractivity contribution < 1.29 is 13.5 Å². The molecule has 18 heavy (non-hydrogen) atoms. The van der Waals surface area contributed by atoms with E-state index in [-0.39, 0.29) is 17.4 Å². The lowest BCUT2D eigenvalue weighted by atomic mass is 10.1. The Morgan fingerprint density at radius 1 is 1.39 bits per heavy atom. The van der Waals surface area contributed by atoms with Gasteiger partial charge >= 0.3 is 0 Å². The van der Waals surface area contributed by atoms with Gasteiger partial charge in [0.1, 0.15) is 5.69 Å². The summed E-state index contributed by atoms with van der Waals surface area (Å²) in [6, 6.07) is 3.76. The van der Waals surface area contributed by atoms with Crippen LogP contribution in [0.25, 0.3) is 0 Å². The van der Waals surface area contributed by atoms with Gasteiger partial charge in [-0.1, -0.05) is 0 Å². The lowest BCUT2D eigenvalue weighted by molar-refractivity contribution is 0.107. The number of rotatable bonds is 4. The number of halogens is 2. The molecule has 2 rings (SSSR count). The number of ether oxygens (including phenoxy) is 1. The number of nitrogens with zero attached hydrogens (tertiary/aromatic N) is 1. The van der Waals surface area contributed by atoms with Gasteiger partial charge in [0.25, 0.3) is 0 Å². The molecule has 0 spiro atoms. The van der Waals surface area contributed by atoms with Crippen LogP contribution in [0.2, 0.25) is 0 Å². The molecule has 0 radical (unpaired) electrons. The molecule has 1 aromatic rings. The van der Waals surface area contributed by atoms with Crippen LogP contribution in [0.5, 0.6) is 0 Å². The zero-order chi connectivity index (χ0) is 13.0. The maximum Gasteiger partial charge on any atom is 0.150 e. The van der Waals surface area contributed by atoms with Crippen LogP contribution in [0.15, 0.2) is 12.1 Å². The van der Waals surface area contributed by atoms with E-state index >= 15 is 0 Å². The second-order valence-electron chi connectivity index (χ2n) is 4.28. The lowest BCUT2D eigenvalue weighted by Gasteiger charge is -2.12. The Morgan fingerprint density at radius 2 is 2.11 bits per heavy atom. The summed E-state index contributed by atoms with van der Waals surface area (Å²) >= 11 is 0. The third kappa shape index (κ3) is 2.96. The minimum Gasteiger partial charge on any atom is -0.380 e. The second-order valence-corrected chi connectivity index (χ2v) is 4.28. The van der Waals surface area contributed by atoms with Crippen LogP contribution in [0.4, 0.5) is 14.5 Å². The van der Waals surface area contributed by atoms with Gasteiger partial charge in [0, 0.05) is 13.2 Å². The summed E-state index contributed by atoms with van der Waals surface area (Å²) in [6.45, 7) is 1.22. The largest absolute Gasteiger partial charge is 0.380 e. The van der Waals surface area contributed by atoms with E-state index in [2.05, 4.69) is 5.32 Å². The molecule has 0 saturated carbocycles. The van der Waals surface area contributed by atoms with Gasteiger partial charge in [-0.15, -0.1) is 0 Å². The van der Waals surface area contributed by atoms with Crippen molar-refractivity contribution in [2.45, 2.75) is 25.4 Å². The van der Waals surface area contributed by atoms with Crippen LogP contribution >= 0.6 is 0 Å². The SMILES string of the molecule is N#Cc1cc(F)c(NCCC2CCCO2)c(F)c1. The normalized spacial score (nSPS) is 18.6. The summed E-state index contributed by atoms with van der Waals surface area (Å²) in [5.41, 5.74) is -0.193. The number of anilines is 1. The van der Waals surface area contributed by atoms with E-state index in [1.165, 1.54) is 0 Å². The Labute approximate surface area is 104 Å². The third-order valence-corrected chi connectivity index (χ3v) is 2.96. The molecule has 0 aromatic heterocycles. The summed E-state index contributed by atoms with van der Waals surface area (Å²) in [7, 11) is 0. The molecule has 1 heterocycles. The van der Waals surface area contributed by atoms with E-state index in [0.29, 0.717) is 6.54 Å². The van der Waals surface area contributed by atoms with Crippen molar-refractivity contribution in [1.82, 2.24) is 0 Å². The van der Waals surface area contributed by atoms with Crippen molar-refractivity contribution in [2.75, 3.05) is 18.5 Å². The average Bonchev–Trinajstić information content (AvgIpc) is 2.85. The van der Waals surface area contributed by atoms with Crippen LogP contribution in [0.1, 0.15) is 24.8 Å². The topological polar surface area (TPSA) is 45.0 Å². The number of nitrogens with one attached hydrogen (secondary N) is 1. The molecule has 96 valence electrons. The molecule has 1 aromatic carbocycles. The molecule has 1 fully saturated rings. The lowest BCUT2D eigenvalue weighted by Crippen LogP contribution is -2.14. The molecule has 1 saturated heterocycles. The highest BCUT2D eigenvalue weighted by molar-refractivity contribution is 5.50. The van der Waals surface area contributed by atoms with Crippen LogP contribution in [-0.4, -0.2) is 19.3 Å². The molecule has 0 amide bonds. The van der Waals surface area contributed by atoms with Crippen molar-refractivity contribution in [2.24, 2.45) is 0 Å². The summed E-state index contributed by atoms with van der Waals surface area (Å²) in [5, 5.41) is 11.3. The molecular formula is C13H14F2N2O. The molecule has 1 aliphatic rings. The van der Waals surface area contributed by atoms with Crippen molar-refractivity contribution >= 4 is 5.69 Å².